The van der Waals surface area contributed by atoms with E-state index in [-0.39, 0.29) is 0 Å². The maximum absolute atomic E-state index is 5.69. The highest BCUT2D eigenvalue weighted by Gasteiger charge is 2.15. The van der Waals surface area contributed by atoms with Gasteiger partial charge in [-0.15, -0.1) is 11.8 Å². The van der Waals surface area contributed by atoms with Crippen molar-refractivity contribution in [2.45, 2.75) is 43.9 Å². The summed E-state index contributed by atoms with van der Waals surface area (Å²) in [6, 6.07) is 6.79. The number of benzene rings is 1. The smallest absolute Gasteiger partial charge is 0.0105 e. The molecule has 1 aromatic carbocycles. The monoisotopic (exact) mass is 249 g/mol. The molecule has 0 atom stereocenters. The summed E-state index contributed by atoms with van der Waals surface area (Å²) in [7, 11) is 0. The van der Waals surface area contributed by atoms with Crippen LogP contribution in [0.5, 0.6) is 0 Å². The largest absolute Gasteiger partial charge is 0.330 e. The summed E-state index contributed by atoms with van der Waals surface area (Å²) >= 11 is 2.04. The van der Waals surface area contributed by atoms with Gasteiger partial charge in [0, 0.05) is 10.6 Å². The van der Waals surface area contributed by atoms with Gasteiger partial charge in [-0.25, -0.2) is 0 Å². The molecule has 1 aliphatic rings. The van der Waals surface area contributed by atoms with Gasteiger partial charge in [0.1, 0.15) is 0 Å². The Hall–Kier alpha value is -0.470. The van der Waals surface area contributed by atoms with Crippen molar-refractivity contribution in [3.8, 4) is 0 Å². The van der Waals surface area contributed by atoms with Crippen molar-refractivity contribution in [1.82, 2.24) is 0 Å². The van der Waals surface area contributed by atoms with Gasteiger partial charge < -0.3 is 5.73 Å². The first kappa shape index (κ1) is 13.0. The molecule has 2 N–H and O–H groups in total. The maximum atomic E-state index is 5.69. The molecule has 1 nitrogen and oxygen atoms in total. The van der Waals surface area contributed by atoms with E-state index in [1.807, 2.05) is 11.8 Å². The van der Waals surface area contributed by atoms with Gasteiger partial charge in [0.2, 0.25) is 0 Å². The molecule has 1 aliphatic carbocycles. The molecular weight excluding hydrogens is 226 g/mol. The third-order valence-electron chi connectivity index (χ3n) is 3.58. The Morgan fingerprint density at radius 3 is 2.76 bits per heavy atom. The molecular formula is C15H23NS. The first-order valence-electron chi connectivity index (χ1n) is 6.72. The summed E-state index contributed by atoms with van der Waals surface area (Å²) in [6.45, 7) is 2.91. The molecule has 0 radical (unpaired) electrons. The summed E-state index contributed by atoms with van der Waals surface area (Å²) in [5.41, 5.74) is 8.47. The maximum Gasteiger partial charge on any atom is 0.0105 e. The Kier molecular flexibility index (Phi) is 4.93. The minimum atomic E-state index is 0.750. The Bertz CT molecular complexity index is 356. The lowest BCUT2D eigenvalue weighted by atomic mass is 10.1. The van der Waals surface area contributed by atoms with E-state index < -0.39 is 0 Å². The van der Waals surface area contributed by atoms with Crippen LogP contribution in [0.2, 0.25) is 0 Å². The zero-order chi connectivity index (χ0) is 12.1. The number of aryl methyl sites for hydroxylation is 1. The van der Waals surface area contributed by atoms with Crippen molar-refractivity contribution < 1.29 is 0 Å². The lowest BCUT2D eigenvalue weighted by Gasteiger charge is -2.12. The van der Waals surface area contributed by atoms with Gasteiger partial charge in [-0.05, 0) is 50.3 Å². The van der Waals surface area contributed by atoms with Gasteiger partial charge in [-0.2, -0.15) is 0 Å². The summed E-state index contributed by atoms with van der Waals surface area (Å²) < 4.78 is 0. The van der Waals surface area contributed by atoms with Crippen molar-refractivity contribution >= 4 is 11.8 Å². The van der Waals surface area contributed by atoms with Crippen LogP contribution in [0.15, 0.2) is 23.1 Å². The molecule has 0 unspecified atom stereocenters. The number of rotatable bonds is 5. The Morgan fingerprint density at radius 2 is 2.06 bits per heavy atom. The van der Waals surface area contributed by atoms with E-state index in [1.54, 1.807) is 0 Å². The zero-order valence-corrected chi connectivity index (χ0v) is 11.6. The minimum Gasteiger partial charge on any atom is -0.330 e. The van der Waals surface area contributed by atoms with Crippen LogP contribution in [0.3, 0.4) is 0 Å². The number of nitrogens with two attached hydrogens (primary N) is 1. The molecule has 2 rings (SSSR count). The normalized spacial score (nSPS) is 16.6. The van der Waals surface area contributed by atoms with Gasteiger partial charge in [-0.3, -0.25) is 0 Å². The Morgan fingerprint density at radius 1 is 1.29 bits per heavy atom. The topological polar surface area (TPSA) is 26.0 Å². The van der Waals surface area contributed by atoms with Crippen LogP contribution in [-0.2, 0) is 6.42 Å². The fourth-order valence-corrected chi connectivity index (χ4v) is 3.84. The van der Waals surface area contributed by atoms with E-state index >= 15 is 0 Å². The van der Waals surface area contributed by atoms with Crippen molar-refractivity contribution in [2.24, 2.45) is 11.7 Å². The molecule has 0 spiro atoms. The van der Waals surface area contributed by atoms with E-state index in [9.17, 15) is 0 Å². The first-order valence-corrected chi connectivity index (χ1v) is 7.70. The van der Waals surface area contributed by atoms with Crippen LogP contribution in [0, 0.1) is 12.8 Å². The quantitative estimate of drug-likeness (QED) is 0.804. The molecule has 0 heterocycles. The second kappa shape index (κ2) is 6.46. The van der Waals surface area contributed by atoms with Crippen LogP contribution in [-0.4, -0.2) is 12.3 Å². The summed E-state index contributed by atoms with van der Waals surface area (Å²) in [4.78, 5) is 1.45. The SMILES string of the molecule is Cc1ccc(SCC2CCCC2)c(CCN)c1. The fourth-order valence-electron chi connectivity index (χ4n) is 2.58. The van der Waals surface area contributed by atoms with Crippen LogP contribution in [0.4, 0.5) is 0 Å². The third-order valence-corrected chi connectivity index (χ3v) is 4.93. The van der Waals surface area contributed by atoms with Crippen LogP contribution in [0.25, 0.3) is 0 Å². The molecule has 2 heteroatoms. The molecule has 0 aromatic heterocycles. The average molecular weight is 249 g/mol. The number of hydrogen-bond acceptors (Lipinski definition) is 2. The second-order valence-corrected chi connectivity index (χ2v) is 6.17. The van der Waals surface area contributed by atoms with Crippen molar-refractivity contribution in [3.05, 3.63) is 29.3 Å². The van der Waals surface area contributed by atoms with Crippen molar-refractivity contribution in [2.75, 3.05) is 12.3 Å². The molecule has 0 aliphatic heterocycles. The highest BCUT2D eigenvalue weighted by molar-refractivity contribution is 7.99. The average Bonchev–Trinajstić information content (AvgIpc) is 2.81. The predicted molar refractivity (Wildman–Crippen MR) is 76.6 cm³/mol. The molecule has 0 saturated heterocycles. The van der Waals surface area contributed by atoms with E-state index in [2.05, 4.69) is 25.1 Å². The van der Waals surface area contributed by atoms with E-state index in [4.69, 9.17) is 5.73 Å². The predicted octanol–water partition coefficient (Wildman–Crippen LogP) is 3.78. The van der Waals surface area contributed by atoms with Crippen molar-refractivity contribution in [3.63, 3.8) is 0 Å². The Labute approximate surface area is 109 Å². The van der Waals surface area contributed by atoms with Crippen LogP contribution in [0.1, 0.15) is 36.8 Å². The van der Waals surface area contributed by atoms with Crippen LogP contribution < -0.4 is 5.73 Å². The van der Waals surface area contributed by atoms with Gasteiger partial charge >= 0.3 is 0 Å². The molecule has 17 heavy (non-hydrogen) atoms. The van der Waals surface area contributed by atoms with Gasteiger partial charge in [-0.1, -0.05) is 30.5 Å². The highest BCUT2D eigenvalue weighted by Crippen LogP contribution is 2.32. The van der Waals surface area contributed by atoms with E-state index in [1.165, 1.54) is 47.5 Å². The fraction of sp³-hybridized carbons (Fsp3) is 0.600. The molecule has 0 bridgehead atoms. The van der Waals surface area contributed by atoms with E-state index in [0.717, 1.165) is 18.9 Å². The molecule has 1 saturated carbocycles. The molecule has 1 fully saturated rings. The Balaban J connectivity index is 1.98. The second-order valence-electron chi connectivity index (χ2n) is 5.11. The van der Waals surface area contributed by atoms with Crippen LogP contribution >= 0.6 is 11.8 Å². The molecule has 1 aromatic rings. The molecule has 0 amide bonds. The zero-order valence-electron chi connectivity index (χ0n) is 10.7. The minimum absolute atomic E-state index is 0.750. The van der Waals surface area contributed by atoms with Gasteiger partial charge in [0.25, 0.3) is 0 Å². The lowest BCUT2D eigenvalue weighted by Crippen LogP contribution is -2.05. The summed E-state index contributed by atoms with van der Waals surface area (Å²) in [6.07, 6.45) is 6.76. The lowest BCUT2D eigenvalue weighted by molar-refractivity contribution is 0.623. The summed E-state index contributed by atoms with van der Waals surface area (Å²) in [5.74, 6) is 2.24. The van der Waals surface area contributed by atoms with Gasteiger partial charge in [0.15, 0.2) is 0 Å². The summed E-state index contributed by atoms with van der Waals surface area (Å²) in [5, 5.41) is 0. The highest BCUT2D eigenvalue weighted by atomic mass is 32.2. The first-order chi connectivity index (χ1) is 8.29. The number of hydrogen-bond donors (Lipinski definition) is 1. The number of thioether (sulfide) groups is 1. The van der Waals surface area contributed by atoms with Gasteiger partial charge in [0.05, 0.1) is 0 Å². The van der Waals surface area contributed by atoms with E-state index in [0.29, 0.717) is 0 Å². The molecule has 94 valence electrons. The van der Waals surface area contributed by atoms with Crippen molar-refractivity contribution in [1.29, 1.82) is 0 Å². The third kappa shape index (κ3) is 3.75. The standard InChI is InChI=1S/C15H23NS/c1-12-6-7-15(14(10-12)8-9-16)17-11-13-4-2-3-5-13/h6-7,10,13H,2-5,8-9,11,16H2,1H3.